The van der Waals surface area contributed by atoms with Crippen molar-refractivity contribution >= 4 is 5.96 Å². The van der Waals surface area contributed by atoms with Crippen molar-refractivity contribution in [1.82, 2.24) is 15.5 Å². The fourth-order valence-electron chi connectivity index (χ4n) is 4.38. The molecule has 3 saturated heterocycles. The fraction of sp³-hybridized carbons (Fsp3) is 0.737. The van der Waals surface area contributed by atoms with E-state index >= 15 is 0 Å². The minimum Gasteiger partial charge on any atom is -0.468 e. The second-order valence-corrected chi connectivity index (χ2v) is 7.35. The highest BCUT2D eigenvalue weighted by Gasteiger charge is 2.41. The Morgan fingerprint density at radius 3 is 2.88 bits per heavy atom. The number of rotatable bonds is 6. The number of hydrogen-bond acceptors (Lipinski definition) is 4. The lowest BCUT2D eigenvalue weighted by Crippen LogP contribution is -2.47. The van der Waals surface area contributed by atoms with Gasteiger partial charge in [-0.05, 0) is 64.3 Å². The van der Waals surface area contributed by atoms with Gasteiger partial charge in [0.15, 0.2) is 5.96 Å². The third-order valence-electron chi connectivity index (χ3n) is 5.65. The van der Waals surface area contributed by atoms with Crippen molar-refractivity contribution in [3.8, 4) is 0 Å². The van der Waals surface area contributed by atoms with Crippen LogP contribution in [0.15, 0.2) is 27.8 Å². The van der Waals surface area contributed by atoms with Crippen LogP contribution >= 0.6 is 0 Å². The van der Waals surface area contributed by atoms with Gasteiger partial charge in [-0.1, -0.05) is 0 Å². The van der Waals surface area contributed by atoms with E-state index in [4.69, 9.17) is 14.1 Å². The van der Waals surface area contributed by atoms with Gasteiger partial charge in [-0.25, -0.2) is 0 Å². The molecule has 2 bridgehead atoms. The van der Waals surface area contributed by atoms with Gasteiger partial charge < -0.3 is 19.8 Å². The highest BCUT2D eigenvalue weighted by atomic mass is 16.5. The van der Waals surface area contributed by atoms with Crippen LogP contribution in [-0.2, 0) is 4.74 Å². The van der Waals surface area contributed by atoms with Gasteiger partial charge in [0.1, 0.15) is 5.76 Å². The molecule has 3 fully saturated rings. The summed E-state index contributed by atoms with van der Waals surface area (Å²) in [5, 5.41) is 7.00. The van der Waals surface area contributed by atoms with Gasteiger partial charge in [-0.15, -0.1) is 0 Å². The van der Waals surface area contributed by atoms with Crippen LogP contribution < -0.4 is 10.6 Å². The minimum absolute atomic E-state index is 0.226. The predicted octanol–water partition coefficient (Wildman–Crippen LogP) is 2.29. The third-order valence-corrected chi connectivity index (χ3v) is 5.65. The van der Waals surface area contributed by atoms with Gasteiger partial charge in [-0.3, -0.25) is 9.89 Å². The standard InChI is InChI=1S/C19H30N4O2/c1-2-20-19(22-15-12-14-7-8-17(15)25-14)21-13-16(18-6-5-11-24-18)23-9-3-4-10-23/h5-6,11,14-17H,2-4,7-10,12-13H2,1H3,(H2,20,21,22). The van der Waals surface area contributed by atoms with Crippen LogP contribution in [0.3, 0.4) is 0 Å². The van der Waals surface area contributed by atoms with E-state index in [1.165, 1.54) is 25.7 Å². The number of nitrogens with one attached hydrogen (secondary N) is 2. The van der Waals surface area contributed by atoms with Crippen LogP contribution in [0.1, 0.15) is 50.8 Å². The number of furan rings is 1. The summed E-state index contributed by atoms with van der Waals surface area (Å²) in [6.45, 7) is 5.95. The van der Waals surface area contributed by atoms with Crippen LogP contribution in [0.4, 0.5) is 0 Å². The summed E-state index contributed by atoms with van der Waals surface area (Å²) in [7, 11) is 0. The van der Waals surface area contributed by atoms with Gasteiger partial charge in [-0.2, -0.15) is 0 Å². The molecule has 0 aliphatic carbocycles. The van der Waals surface area contributed by atoms with Gasteiger partial charge in [0.05, 0.1) is 37.1 Å². The molecule has 1 aromatic rings. The van der Waals surface area contributed by atoms with Crippen molar-refractivity contribution in [2.75, 3.05) is 26.2 Å². The molecule has 0 aromatic carbocycles. The normalized spacial score (nSPS) is 30.8. The maximum atomic E-state index is 5.96. The van der Waals surface area contributed by atoms with Crippen molar-refractivity contribution in [2.24, 2.45) is 4.99 Å². The molecule has 3 aliphatic heterocycles. The lowest BCUT2D eigenvalue weighted by atomic mass is 9.96. The Hall–Kier alpha value is -1.53. The quantitative estimate of drug-likeness (QED) is 0.611. The van der Waals surface area contributed by atoms with Crippen LogP contribution in [0.5, 0.6) is 0 Å². The molecule has 4 atom stereocenters. The second-order valence-electron chi connectivity index (χ2n) is 7.35. The summed E-state index contributed by atoms with van der Waals surface area (Å²) in [6, 6.07) is 4.66. The molecular weight excluding hydrogens is 316 g/mol. The number of hydrogen-bond donors (Lipinski definition) is 2. The smallest absolute Gasteiger partial charge is 0.191 e. The van der Waals surface area contributed by atoms with E-state index in [1.54, 1.807) is 6.26 Å². The Kier molecular flexibility index (Phi) is 5.27. The summed E-state index contributed by atoms with van der Waals surface area (Å²) in [4.78, 5) is 7.39. The first-order valence-corrected chi connectivity index (χ1v) is 9.81. The molecule has 6 nitrogen and oxygen atoms in total. The molecule has 4 unspecified atom stereocenters. The first-order valence-electron chi connectivity index (χ1n) is 9.81. The first-order chi connectivity index (χ1) is 12.3. The van der Waals surface area contributed by atoms with E-state index in [1.807, 2.05) is 6.07 Å². The zero-order chi connectivity index (χ0) is 17.1. The van der Waals surface area contributed by atoms with Crippen molar-refractivity contribution < 1.29 is 9.15 Å². The van der Waals surface area contributed by atoms with Crippen molar-refractivity contribution in [3.05, 3.63) is 24.2 Å². The molecule has 6 heteroatoms. The average molecular weight is 346 g/mol. The van der Waals surface area contributed by atoms with E-state index in [-0.39, 0.29) is 6.04 Å². The zero-order valence-corrected chi connectivity index (χ0v) is 15.1. The molecule has 4 rings (SSSR count). The van der Waals surface area contributed by atoms with E-state index < -0.39 is 0 Å². The topological polar surface area (TPSA) is 62.0 Å². The first kappa shape index (κ1) is 16.9. The highest BCUT2D eigenvalue weighted by molar-refractivity contribution is 5.80. The predicted molar refractivity (Wildman–Crippen MR) is 97.7 cm³/mol. The van der Waals surface area contributed by atoms with Gasteiger partial charge in [0, 0.05) is 6.54 Å². The molecule has 2 N–H and O–H groups in total. The summed E-state index contributed by atoms with van der Waals surface area (Å²) in [5.41, 5.74) is 0. The Balaban J connectivity index is 1.43. The molecule has 0 amide bonds. The van der Waals surface area contributed by atoms with Crippen LogP contribution in [0.2, 0.25) is 0 Å². The molecule has 0 radical (unpaired) electrons. The van der Waals surface area contributed by atoms with Crippen LogP contribution in [0.25, 0.3) is 0 Å². The molecule has 3 aliphatic rings. The summed E-state index contributed by atoms with van der Waals surface area (Å²) in [5.74, 6) is 1.92. The highest BCUT2D eigenvalue weighted by Crippen LogP contribution is 2.34. The largest absolute Gasteiger partial charge is 0.468 e. The number of aliphatic imine (C=N–C) groups is 1. The lowest BCUT2D eigenvalue weighted by Gasteiger charge is -2.26. The van der Waals surface area contributed by atoms with Crippen molar-refractivity contribution in [1.29, 1.82) is 0 Å². The number of ether oxygens (including phenoxy) is 1. The molecule has 138 valence electrons. The van der Waals surface area contributed by atoms with Gasteiger partial charge in [0.2, 0.25) is 0 Å². The fourth-order valence-corrected chi connectivity index (χ4v) is 4.38. The molecular formula is C19H30N4O2. The number of nitrogens with zero attached hydrogens (tertiary/aromatic N) is 2. The maximum absolute atomic E-state index is 5.96. The van der Waals surface area contributed by atoms with E-state index in [0.717, 1.165) is 37.8 Å². The Morgan fingerprint density at radius 1 is 1.36 bits per heavy atom. The summed E-state index contributed by atoms with van der Waals surface area (Å²) < 4.78 is 11.7. The van der Waals surface area contributed by atoms with E-state index in [2.05, 4.69) is 28.5 Å². The Morgan fingerprint density at radius 2 is 2.24 bits per heavy atom. The molecule has 4 heterocycles. The van der Waals surface area contributed by atoms with E-state index in [9.17, 15) is 0 Å². The van der Waals surface area contributed by atoms with Gasteiger partial charge in [0.25, 0.3) is 0 Å². The summed E-state index contributed by atoms with van der Waals surface area (Å²) in [6.07, 6.45) is 8.58. The Bertz CT molecular complexity index is 568. The van der Waals surface area contributed by atoms with Gasteiger partial charge >= 0.3 is 0 Å². The third kappa shape index (κ3) is 3.85. The monoisotopic (exact) mass is 346 g/mol. The molecule has 0 saturated carbocycles. The van der Waals surface area contributed by atoms with Crippen LogP contribution in [0, 0.1) is 0 Å². The Labute approximate surface area is 150 Å². The van der Waals surface area contributed by atoms with E-state index in [0.29, 0.717) is 24.8 Å². The summed E-state index contributed by atoms with van der Waals surface area (Å²) >= 11 is 0. The SMILES string of the molecule is CCNC(=NCC(c1ccco1)N1CCCC1)NC1CC2CCC1O2. The lowest BCUT2D eigenvalue weighted by molar-refractivity contribution is 0.0992. The number of guanidine groups is 1. The van der Waals surface area contributed by atoms with Crippen molar-refractivity contribution in [3.63, 3.8) is 0 Å². The second kappa shape index (κ2) is 7.79. The zero-order valence-electron chi connectivity index (χ0n) is 15.1. The molecule has 1 aromatic heterocycles. The van der Waals surface area contributed by atoms with Crippen LogP contribution in [-0.4, -0.2) is 55.3 Å². The molecule has 25 heavy (non-hydrogen) atoms. The maximum Gasteiger partial charge on any atom is 0.191 e. The minimum atomic E-state index is 0.226. The molecule has 0 spiro atoms. The van der Waals surface area contributed by atoms with Crippen molar-refractivity contribution in [2.45, 2.75) is 63.3 Å². The number of fused-ring (bicyclic) bond motifs is 2. The average Bonchev–Trinajstić information content (AvgIpc) is 3.40. The number of likely N-dealkylation sites (tertiary alicyclic amines) is 1.